The van der Waals surface area contributed by atoms with Crippen molar-refractivity contribution >= 4 is 17.5 Å². The zero-order valence-corrected chi connectivity index (χ0v) is 11.9. The molecule has 1 aliphatic rings. The highest BCUT2D eigenvalue weighted by molar-refractivity contribution is 6.31. The standard InChI is InChI=1S/C14H17ClN4O/c15-13-4-2-1-3-11(13)8-18-14(20)10-19-6-5-17-9-12(19)7-16/h1-4,12,17H,5-6,8-10H2,(H,18,20). The number of halogens is 1. The Bertz CT molecular complexity index is 514. The highest BCUT2D eigenvalue weighted by Crippen LogP contribution is 2.14. The van der Waals surface area contributed by atoms with E-state index >= 15 is 0 Å². The molecular formula is C14H17ClN4O. The first kappa shape index (κ1) is 14.8. The van der Waals surface area contributed by atoms with Gasteiger partial charge in [0.2, 0.25) is 5.91 Å². The lowest BCUT2D eigenvalue weighted by atomic mass is 10.2. The number of hydrogen-bond donors (Lipinski definition) is 2. The molecule has 1 heterocycles. The number of carbonyl (C=O) groups is 1. The van der Waals surface area contributed by atoms with Crippen molar-refractivity contribution in [2.45, 2.75) is 12.6 Å². The van der Waals surface area contributed by atoms with Gasteiger partial charge in [0.15, 0.2) is 0 Å². The molecule has 1 amide bonds. The van der Waals surface area contributed by atoms with Crippen LogP contribution >= 0.6 is 11.6 Å². The average Bonchev–Trinajstić information content (AvgIpc) is 2.47. The molecule has 1 aromatic carbocycles. The van der Waals surface area contributed by atoms with Crippen molar-refractivity contribution in [2.75, 3.05) is 26.2 Å². The van der Waals surface area contributed by atoms with Gasteiger partial charge in [0.25, 0.3) is 0 Å². The molecule has 5 nitrogen and oxygen atoms in total. The van der Waals surface area contributed by atoms with Crippen LogP contribution < -0.4 is 10.6 Å². The van der Waals surface area contributed by atoms with Crippen LogP contribution in [0.2, 0.25) is 5.02 Å². The molecular weight excluding hydrogens is 276 g/mol. The molecule has 106 valence electrons. The summed E-state index contributed by atoms with van der Waals surface area (Å²) < 4.78 is 0. The SMILES string of the molecule is N#CC1CNCCN1CC(=O)NCc1ccccc1Cl. The molecule has 1 aliphatic heterocycles. The maximum Gasteiger partial charge on any atom is 0.234 e. The van der Waals surface area contributed by atoms with Crippen LogP contribution in [0.4, 0.5) is 0 Å². The third-order valence-corrected chi connectivity index (χ3v) is 3.65. The third kappa shape index (κ3) is 3.94. The summed E-state index contributed by atoms with van der Waals surface area (Å²) in [7, 11) is 0. The van der Waals surface area contributed by atoms with E-state index in [9.17, 15) is 4.79 Å². The lowest BCUT2D eigenvalue weighted by Gasteiger charge is -2.31. The van der Waals surface area contributed by atoms with E-state index in [-0.39, 0.29) is 18.5 Å². The van der Waals surface area contributed by atoms with E-state index in [0.717, 1.165) is 12.1 Å². The number of amides is 1. The van der Waals surface area contributed by atoms with Gasteiger partial charge in [0.1, 0.15) is 6.04 Å². The molecule has 0 saturated carbocycles. The van der Waals surface area contributed by atoms with Crippen LogP contribution in [0.25, 0.3) is 0 Å². The van der Waals surface area contributed by atoms with Crippen molar-refractivity contribution in [1.82, 2.24) is 15.5 Å². The van der Waals surface area contributed by atoms with Gasteiger partial charge in [-0.2, -0.15) is 5.26 Å². The summed E-state index contributed by atoms with van der Waals surface area (Å²) in [6, 6.07) is 9.38. The first-order chi connectivity index (χ1) is 9.70. The lowest BCUT2D eigenvalue weighted by molar-refractivity contribution is -0.122. The fourth-order valence-corrected chi connectivity index (χ4v) is 2.34. The van der Waals surface area contributed by atoms with Crippen molar-refractivity contribution < 1.29 is 4.79 Å². The second-order valence-electron chi connectivity index (χ2n) is 4.69. The predicted octanol–water partition coefficient (Wildman–Crippen LogP) is 0.754. The Balaban J connectivity index is 1.83. The van der Waals surface area contributed by atoms with Crippen LogP contribution in [-0.4, -0.2) is 43.0 Å². The van der Waals surface area contributed by atoms with Gasteiger partial charge >= 0.3 is 0 Å². The summed E-state index contributed by atoms with van der Waals surface area (Å²) in [5.74, 6) is -0.0907. The van der Waals surface area contributed by atoms with Crippen molar-refractivity contribution in [3.8, 4) is 6.07 Å². The summed E-state index contributed by atoms with van der Waals surface area (Å²) in [6.45, 7) is 2.76. The largest absolute Gasteiger partial charge is 0.351 e. The van der Waals surface area contributed by atoms with Gasteiger partial charge in [-0.25, -0.2) is 0 Å². The Labute approximate surface area is 123 Å². The van der Waals surface area contributed by atoms with Crippen LogP contribution in [0.1, 0.15) is 5.56 Å². The average molecular weight is 293 g/mol. The van der Waals surface area contributed by atoms with Crippen molar-refractivity contribution in [3.63, 3.8) is 0 Å². The van der Waals surface area contributed by atoms with E-state index in [4.69, 9.17) is 16.9 Å². The zero-order chi connectivity index (χ0) is 14.4. The maximum atomic E-state index is 11.9. The number of piperazine rings is 1. The smallest absolute Gasteiger partial charge is 0.234 e. The van der Waals surface area contributed by atoms with Crippen LogP contribution in [0.15, 0.2) is 24.3 Å². The van der Waals surface area contributed by atoms with Gasteiger partial charge in [0.05, 0.1) is 12.6 Å². The summed E-state index contributed by atoms with van der Waals surface area (Å²) in [6.07, 6.45) is 0. The maximum absolute atomic E-state index is 11.9. The van der Waals surface area contributed by atoms with Gasteiger partial charge < -0.3 is 10.6 Å². The third-order valence-electron chi connectivity index (χ3n) is 3.28. The van der Waals surface area contributed by atoms with Crippen LogP contribution in [0.3, 0.4) is 0 Å². The number of benzene rings is 1. The molecule has 1 saturated heterocycles. The predicted molar refractivity (Wildman–Crippen MR) is 77.1 cm³/mol. The zero-order valence-electron chi connectivity index (χ0n) is 11.1. The van der Waals surface area contributed by atoms with Crippen LogP contribution in [0.5, 0.6) is 0 Å². The monoisotopic (exact) mass is 292 g/mol. The van der Waals surface area contributed by atoms with Gasteiger partial charge in [-0.3, -0.25) is 9.69 Å². The molecule has 0 radical (unpaired) electrons. The molecule has 1 fully saturated rings. The fraction of sp³-hybridized carbons (Fsp3) is 0.429. The van der Waals surface area contributed by atoms with Crippen molar-refractivity contribution in [1.29, 1.82) is 5.26 Å². The van der Waals surface area contributed by atoms with Gasteiger partial charge in [-0.05, 0) is 11.6 Å². The van der Waals surface area contributed by atoms with Crippen LogP contribution in [0, 0.1) is 11.3 Å². The quantitative estimate of drug-likeness (QED) is 0.859. The summed E-state index contributed by atoms with van der Waals surface area (Å²) >= 11 is 6.03. The Hall–Kier alpha value is -1.61. The Morgan fingerprint density at radius 2 is 2.35 bits per heavy atom. The lowest BCUT2D eigenvalue weighted by Crippen LogP contribution is -2.53. The first-order valence-electron chi connectivity index (χ1n) is 6.55. The van der Waals surface area contributed by atoms with E-state index in [2.05, 4.69) is 16.7 Å². The second-order valence-corrected chi connectivity index (χ2v) is 5.09. The number of nitrogens with one attached hydrogen (secondary N) is 2. The molecule has 2 N–H and O–H groups in total. The topological polar surface area (TPSA) is 68.2 Å². The van der Waals surface area contributed by atoms with Gasteiger partial charge in [0, 0.05) is 31.2 Å². The van der Waals surface area contributed by atoms with Gasteiger partial charge in [-0.15, -0.1) is 0 Å². The number of rotatable bonds is 4. The number of nitrogens with zero attached hydrogens (tertiary/aromatic N) is 2. The molecule has 0 spiro atoms. The number of nitriles is 1. The van der Waals surface area contributed by atoms with E-state index in [1.807, 2.05) is 23.1 Å². The molecule has 6 heteroatoms. The molecule has 1 atom stereocenters. The number of hydrogen-bond acceptors (Lipinski definition) is 4. The second kappa shape index (κ2) is 7.25. The van der Waals surface area contributed by atoms with E-state index in [1.165, 1.54) is 0 Å². The molecule has 0 aromatic heterocycles. The number of carbonyl (C=O) groups excluding carboxylic acids is 1. The van der Waals surface area contributed by atoms with E-state index in [0.29, 0.717) is 24.7 Å². The first-order valence-corrected chi connectivity index (χ1v) is 6.93. The van der Waals surface area contributed by atoms with E-state index in [1.54, 1.807) is 6.07 Å². The van der Waals surface area contributed by atoms with Crippen LogP contribution in [-0.2, 0) is 11.3 Å². The molecule has 20 heavy (non-hydrogen) atoms. The van der Waals surface area contributed by atoms with Gasteiger partial charge in [-0.1, -0.05) is 29.8 Å². The normalized spacial score (nSPS) is 19.3. The Morgan fingerprint density at radius 1 is 1.55 bits per heavy atom. The highest BCUT2D eigenvalue weighted by atomic mass is 35.5. The molecule has 0 aliphatic carbocycles. The minimum Gasteiger partial charge on any atom is -0.351 e. The minimum absolute atomic E-state index is 0.0907. The molecule has 2 rings (SSSR count). The Kier molecular flexibility index (Phi) is 5.36. The molecule has 1 aromatic rings. The fourth-order valence-electron chi connectivity index (χ4n) is 2.14. The van der Waals surface area contributed by atoms with E-state index < -0.39 is 0 Å². The minimum atomic E-state index is -0.241. The van der Waals surface area contributed by atoms with Crippen molar-refractivity contribution in [2.24, 2.45) is 0 Å². The summed E-state index contributed by atoms with van der Waals surface area (Å²) in [5, 5.41) is 15.7. The summed E-state index contributed by atoms with van der Waals surface area (Å²) in [5.41, 5.74) is 0.889. The summed E-state index contributed by atoms with van der Waals surface area (Å²) in [4.78, 5) is 13.8. The highest BCUT2D eigenvalue weighted by Gasteiger charge is 2.23. The molecule has 1 unspecified atom stereocenters. The Morgan fingerprint density at radius 3 is 3.10 bits per heavy atom. The van der Waals surface area contributed by atoms with Crippen molar-refractivity contribution in [3.05, 3.63) is 34.9 Å². The molecule has 0 bridgehead atoms.